The lowest BCUT2D eigenvalue weighted by molar-refractivity contribution is 0.136. The molecular weight excluding hydrogens is 231 g/mol. The van der Waals surface area contributed by atoms with Crippen LogP contribution in [0.4, 0.5) is 10.1 Å². The molecule has 0 radical (unpaired) electrons. The van der Waals surface area contributed by atoms with Gasteiger partial charge in [-0.3, -0.25) is 4.90 Å². The van der Waals surface area contributed by atoms with Crippen LogP contribution < -0.4 is 5.73 Å². The molecule has 0 aliphatic rings. The standard InChI is InChI=1S/C14H23FN2O/c1-3-12(4-2)17(7-8-18)10-11-5-6-14(16)13(15)9-11/h5-6,9,12,18H,3-4,7-8,10,16H2,1-2H3. The molecule has 0 saturated heterocycles. The van der Waals surface area contributed by atoms with E-state index in [4.69, 9.17) is 10.8 Å². The predicted molar refractivity (Wildman–Crippen MR) is 72.7 cm³/mol. The third kappa shape index (κ3) is 3.96. The van der Waals surface area contributed by atoms with Gasteiger partial charge in [0.2, 0.25) is 0 Å². The molecule has 1 rings (SSSR count). The SMILES string of the molecule is CCC(CC)N(CCO)Cc1ccc(N)c(F)c1. The van der Waals surface area contributed by atoms with E-state index in [-0.39, 0.29) is 18.1 Å². The van der Waals surface area contributed by atoms with Crippen LogP contribution in [0.15, 0.2) is 18.2 Å². The molecule has 1 aromatic rings. The summed E-state index contributed by atoms with van der Waals surface area (Å²) in [5.41, 5.74) is 6.53. The lowest BCUT2D eigenvalue weighted by Crippen LogP contribution is -2.36. The van der Waals surface area contributed by atoms with E-state index in [0.29, 0.717) is 19.1 Å². The summed E-state index contributed by atoms with van der Waals surface area (Å²) in [6.45, 7) is 5.63. The molecule has 0 atom stereocenters. The van der Waals surface area contributed by atoms with Crippen LogP contribution in [0.2, 0.25) is 0 Å². The third-order valence-corrected chi connectivity index (χ3v) is 3.30. The fourth-order valence-electron chi connectivity index (χ4n) is 2.23. The molecule has 1 aromatic carbocycles. The zero-order chi connectivity index (χ0) is 13.5. The van der Waals surface area contributed by atoms with Crippen LogP contribution in [-0.2, 0) is 6.54 Å². The Labute approximate surface area is 108 Å². The highest BCUT2D eigenvalue weighted by Crippen LogP contribution is 2.17. The number of benzene rings is 1. The predicted octanol–water partition coefficient (Wildman–Crippen LogP) is 2.39. The molecule has 3 nitrogen and oxygen atoms in total. The highest BCUT2D eigenvalue weighted by Gasteiger charge is 2.15. The number of nitrogens with zero attached hydrogens (tertiary/aromatic N) is 1. The van der Waals surface area contributed by atoms with Crippen molar-refractivity contribution >= 4 is 5.69 Å². The average Bonchev–Trinajstić information content (AvgIpc) is 2.35. The Bertz CT molecular complexity index is 367. The van der Waals surface area contributed by atoms with Crippen molar-refractivity contribution < 1.29 is 9.50 Å². The Morgan fingerprint density at radius 1 is 1.33 bits per heavy atom. The van der Waals surface area contributed by atoms with Gasteiger partial charge in [0.1, 0.15) is 5.82 Å². The molecule has 18 heavy (non-hydrogen) atoms. The zero-order valence-corrected chi connectivity index (χ0v) is 11.2. The minimum absolute atomic E-state index is 0.119. The minimum atomic E-state index is -0.374. The van der Waals surface area contributed by atoms with Crippen molar-refractivity contribution in [2.24, 2.45) is 0 Å². The van der Waals surface area contributed by atoms with Crippen molar-refractivity contribution in [2.75, 3.05) is 18.9 Å². The maximum absolute atomic E-state index is 13.4. The lowest BCUT2D eigenvalue weighted by atomic mass is 10.1. The van der Waals surface area contributed by atoms with Crippen LogP contribution in [0.25, 0.3) is 0 Å². The molecule has 0 heterocycles. The van der Waals surface area contributed by atoms with Crippen molar-refractivity contribution in [3.8, 4) is 0 Å². The number of nitrogen functional groups attached to an aromatic ring is 1. The second kappa shape index (κ2) is 7.34. The molecule has 0 unspecified atom stereocenters. The Kier molecular flexibility index (Phi) is 6.09. The van der Waals surface area contributed by atoms with E-state index in [2.05, 4.69) is 18.7 Å². The molecule has 0 aliphatic carbocycles. The molecular formula is C14H23FN2O. The van der Waals surface area contributed by atoms with Gasteiger partial charge in [0.05, 0.1) is 12.3 Å². The zero-order valence-electron chi connectivity index (χ0n) is 11.2. The molecule has 102 valence electrons. The van der Waals surface area contributed by atoms with E-state index in [1.807, 2.05) is 6.07 Å². The molecule has 4 heteroatoms. The Morgan fingerprint density at radius 2 is 2.00 bits per heavy atom. The maximum Gasteiger partial charge on any atom is 0.146 e. The fourth-order valence-corrected chi connectivity index (χ4v) is 2.23. The van der Waals surface area contributed by atoms with E-state index in [1.165, 1.54) is 6.07 Å². The number of rotatable bonds is 7. The molecule has 0 amide bonds. The first kappa shape index (κ1) is 14.9. The molecule has 3 N–H and O–H groups in total. The van der Waals surface area contributed by atoms with Crippen molar-refractivity contribution in [2.45, 2.75) is 39.3 Å². The first-order valence-electron chi connectivity index (χ1n) is 6.51. The number of nitrogens with two attached hydrogens (primary N) is 1. The Morgan fingerprint density at radius 3 is 2.50 bits per heavy atom. The van der Waals surface area contributed by atoms with E-state index < -0.39 is 0 Å². The fraction of sp³-hybridized carbons (Fsp3) is 0.571. The normalized spacial score (nSPS) is 11.4. The number of halogens is 1. The van der Waals surface area contributed by atoms with Crippen LogP contribution in [0.3, 0.4) is 0 Å². The molecule has 0 bridgehead atoms. The summed E-state index contributed by atoms with van der Waals surface area (Å²) < 4.78 is 13.4. The van der Waals surface area contributed by atoms with E-state index in [1.54, 1.807) is 6.07 Å². The first-order valence-corrected chi connectivity index (χ1v) is 6.51. The first-order chi connectivity index (χ1) is 8.62. The second-order valence-electron chi connectivity index (χ2n) is 4.52. The topological polar surface area (TPSA) is 49.5 Å². The van der Waals surface area contributed by atoms with Crippen LogP contribution in [0.1, 0.15) is 32.3 Å². The largest absolute Gasteiger partial charge is 0.396 e. The smallest absolute Gasteiger partial charge is 0.146 e. The van der Waals surface area contributed by atoms with E-state index >= 15 is 0 Å². The summed E-state index contributed by atoms with van der Waals surface area (Å²) in [7, 11) is 0. The minimum Gasteiger partial charge on any atom is -0.396 e. The average molecular weight is 254 g/mol. The van der Waals surface area contributed by atoms with Gasteiger partial charge in [-0.2, -0.15) is 0 Å². The van der Waals surface area contributed by atoms with Crippen LogP contribution in [-0.4, -0.2) is 29.2 Å². The van der Waals surface area contributed by atoms with Crippen LogP contribution in [0.5, 0.6) is 0 Å². The Hall–Kier alpha value is -1.13. The summed E-state index contributed by atoms with van der Waals surface area (Å²) >= 11 is 0. The maximum atomic E-state index is 13.4. The molecule has 0 aromatic heterocycles. The van der Waals surface area contributed by atoms with Gasteiger partial charge in [-0.1, -0.05) is 19.9 Å². The molecule has 0 aliphatic heterocycles. The number of anilines is 1. The number of hydrogen-bond donors (Lipinski definition) is 2. The van der Waals surface area contributed by atoms with Crippen LogP contribution in [0, 0.1) is 5.82 Å². The number of hydrogen-bond acceptors (Lipinski definition) is 3. The van der Waals surface area contributed by atoms with Gasteiger partial charge < -0.3 is 10.8 Å². The molecule has 0 spiro atoms. The lowest BCUT2D eigenvalue weighted by Gasteiger charge is -2.29. The molecule has 0 saturated carbocycles. The highest BCUT2D eigenvalue weighted by molar-refractivity contribution is 5.41. The number of aliphatic hydroxyl groups is 1. The number of aliphatic hydroxyl groups excluding tert-OH is 1. The van der Waals surface area contributed by atoms with E-state index in [0.717, 1.165) is 18.4 Å². The quantitative estimate of drug-likeness (QED) is 0.735. The van der Waals surface area contributed by atoms with Gasteiger partial charge in [0, 0.05) is 19.1 Å². The molecule has 0 fully saturated rings. The van der Waals surface area contributed by atoms with Gasteiger partial charge in [0.15, 0.2) is 0 Å². The van der Waals surface area contributed by atoms with E-state index in [9.17, 15) is 4.39 Å². The van der Waals surface area contributed by atoms with Gasteiger partial charge in [-0.25, -0.2) is 4.39 Å². The van der Waals surface area contributed by atoms with Crippen LogP contribution >= 0.6 is 0 Å². The van der Waals surface area contributed by atoms with Gasteiger partial charge in [0.25, 0.3) is 0 Å². The van der Waals surface area contributed by atoms with Gasteiger partial charge >= 0.3 is 0 Å². The monoisotopic (exact) mass is 254 g/mol. The summed E-state index contributed by atoms with van der Waals surface area (Å²) in [6.07, 6.45) is 2.04. The summed E-state index contributed by atoms with van der Waals surface area (Å²) in [4.78, 5) is 2.19. The third-order valence-electron chi connectivity index (χ3n) is 3.30. The van der Waals surface area contributed by atoms with Gasteiger partial charge in [-0.05, 0) is 30.5 Å². The Balaban J connectivity index is 2.78. The second-order valence-corrected chi connectivity index (χ2v) is 4.52. The van der Waals surface area contributed by atoms with Crippen molar-refractivity contribution in [3.63, 3.8) is 0 Å². The summed E-state index contributed by atoms with van der Waals surface area (Å²) in [6, 6.07) is 5.32. The van der Waals surface area contributed by atoms with Crippen molar-refractivity contribution in [3.05, 3.63) is 29.6 Å². The summed E-state index contributed by atoms with van der Waals surface area (Å²) in [5.74, 6) is -0.374. The van der Waals surface area contributed by atoms with Crippen molar-refractivity contribution in [1.82, 2.24) is 4.90 Å². The highest BCUT2D eigenvalue weighted by atomic mass is 19.1. The van der Waals surface area contributed by atoms with Gasteiger partial charge in [-0.15, -0.1) is 0 Å². The summed E-state index contributed by atoms with van der Waals surface area (Å²) in [5, 5.41) is 9.12. The van der Waals surface area contributed by atoms with Crippen molar-refractivity contribution in [1.29, 1.82) is 0 Å².